The van der Waals surface area contributed by atoms with E-state index in [0.29, 0.717) is 17.9 Å². The summed E-state index contributed by atoms with van der Waals surface area (Å²) < 4.78 is 0. The van der Waals surface area contributed by atoms with Crippen molar-refractivity contribution in [3.8, 4) is 5.75 Å². The number of amides is 1. The monoisotopic (exact) mass is 286 g/mol. The molecule has 6 nitrogen and oxygen atoms in total. The van der Waals surface area contributed by atoms with Crippen LogP contribution < -0.4 is 5.73 Å². The van der Waals surface area contributed by atoms with Gasteiger partial charge in [0.05, 0.1) is 11.4 Å². The summed E-state index contributed by atoms with van der Waals surface area (Å²) in [6, 6.07) is 7.18. The lowest BCUT2D eigenvalue weighted by Crippen LogP contribution is -2.33. The number of aromatic hydroxyl groups is 1. The van der Waals surface area contributed by atoms with E-state index in [9.17, 15) is 9.90 Å². The first-order valence-corrected chi connectivity index (χ1v) is 6.95. The van der Waals surface area contributed by atoms with Crippen LogP contribution in [-0.4, -0.2) is 32.2 Å². The third kappa shape index (κ3) is 2.69. The standard InChI is InChI=1S/C15H18N4O2/c1-9-13(16)14(18-17-9)15(21)19(11-5-6-11)8-10-3-2-4-12(20)7-10/h2-4,7,11,20H,5-6,8,16H2,1H3,(H,17,18). The van der Waals surface area contributed by atoms with Crippen LogP contribution in [0.1, 0.15) is 34.6 Å². The highest BCUT2D eigenvalue weighted by molar-refractivity contribution is 5.97. The minimum Gasteiger partial charge on any atom is -0.508 e. The molecule has 2 aromatic rings. The zero-order chi connectivity index (χ0) is 15.0. The van der Waals surface area contributed by atoms with E-state index in [1.54, 1.807) is 30.0 Å². The number of nitrogens with two attached hydrogens (primary N) is 1. The Morgan fingerprint density at radius 2 is 2.29 bits per heavy atom. The van der Waals surface area contributed by atoms with E-state index in [4.69, 9.17) is 5.73 Å². The number of phenols is 1. The zero-order valence-electron chi connectivity index (χ0n) is 11.8. The summed E-state index contributed by atoms with van der Waals surface area (Å²) in [5.74, 6) is 0.0357. The van der Waals surface area contributed by atoms with Crippen LogP contribution in [0.5, 0.6) is 5.75 Å². The lowest BCUT2D eigenvalue weighted by molar-refractivity contribution is 0.0725. The average Bonchev–Trinajstić information content (AvgIpc) is 3.23. The van der Waals surface area contributed by atoms with Crippen LogP contribution in [0.3, 0.4) is 0 Å². The topological polar surface area (TPSA) is 95.2 Å². The van der Waals surface area contributed by atoms with Gasteiger partial charge in [0.2, 0.25) is 0 Å². The fourth-order valence-electron chi connectivity index (χ4n) is 2.34. The maximum Gasteiger partial charge on any atom is 0.277 e. The number of aromatic amines is 1. The third-order valence-electron chi connectivity index (χ3n) is 3.71. The van der Waals surface area contributed by atoms with Gasteiger partial charge < -0.3 is 15.7 Å². The number of aryl methyl sites for hydroxylation is 1. The molecule has 0 aliphatic heterocycles. The predicted molar refractivity (Wildman–Crippen MR) is 78.7 cm³/mol. The molecule has 110 valence electrons. The maximum atomic E-state index is 12.7. The quantitative estimate of drug-likeness (QED) is 0.798. The van der Waals surface area contributed by atoms with E-state index >= 15 is 0 Å². The van der Waals surface area contributed by atoms with Crippen LogP contribution >= 0.6 is 0 Å². The first-order chi connectivity index (χ1) is 10.1. The number of benzene rings is 1. The first kappa shape index (κ1) is 13.5. The molecule has 0 radical (unpaired) electrons. The molecule has 0 atom stereocenters. The van der Waals surface area contributed by atoms with Gasteiger partial charge >= 0.3 is 0 Å². The Kier molecular flexibility index (Phi) is 3.29. The molecule has 0 saturated heterocycles. The summed E-state index contributed by atoms with van der Waals surface area (Å²) in [7, 11) is 0. The molecule has 1 aliphatic carbocycles. The summed E-state index contributed by atoms with van der Waals surface area (Å²) in [6.45, 7) is 2.24. The number of nitrogen functional groups attached to an aromatic ring is 1. The number of H-pyrrole nitrogens is 1. The Morgan fingerprint density at radius 1 is 1.52 bits per heavy atom. The minimum atomic E-state index is -0.164. The number of hydrogen-bond donors (Lipinski definition) is 3. The van der Waals surface area contributed by atoms with Gasteiger partial charge in [-0.2, -0.15) is 5.10 Å². The summed E-state index contributed by atoms with van der Waals surface area (Å²) in [6.07, 6.45) is 1.99. The smallest absolute Gasteiger partial charge is 0.277 e. The van der Waals surface area contributed by atoms with Gasteiger partial charge in [0.1, 0.15) is 5.75 Å². The van der Waals surface area contributed by atoms with Gasteiger partial charge in [-0.1, -0.05) is 12.1 Å². The van der Waals surface area contributed by atoms with Gasteiger partial charge in [-0.3, -0.25) is 9.89 Å². The molecule has 4 N–H and O–H groups in total. The Labute approximate surface area is 122 Å². The molecule has 0 spiro atoms. The average molecular weight is 286 g/mol. The van der Waals surface area contributed by atoms with Crippen LogP contribution in [0.2, 0.25) is 0 Å². The Morgan fingerprint density at radius 3 is 2.86 bits per heavy atom. The van der Waals surface area contributed by atoms with Crippen LogP contribution in [0.25, 0.3) is 0 Å². The lowest BCUT2D eigenvalue weighted by Gasteiger charge is -2.22. The van der Waals surface area contributed by atoms with Crippen LogP contribution in [-0.2, 0) is 6.54 Å². The molecule has 0 unspecified atom stereocenters. The minimum absolute atomic E-state index is 0.164. The number of rotatable bonds is 4. The van der Waals surface area contributed by atoms with Crippen LogP contribution in [0.15, 0.2) is 24.3 Å². The number of nitrogens with zero attached hydrogens (tertiary/aromatic N) is 2. The van der Waals surface area contributed by atoms with E-state index in [-0.39, 0.29) is 23.4 Å². The van der Waals surface area contributed by atoms with Gasteiger partial charge in [0, 0.05) is 12.6 Å². The van der Waals surface area contributed by atoms with E-state index in [1.165, 1.54) is 0 Å². The molecule has 1 aromatic heterocycles. The van der Waals surface area contributed by atoms with Crippen molar-refractivity contribution in [3.63, 3.8) is 0 Å². The predicted octanol–water partition coefficient (Wildman–Crippen LogP) is 1.81. The van der Waals surface area contributed by atoms with Crippen LogP contribution in [0.4, 0.5) is 5.69 Å². The van der Waals surface area contributed by atoms with Crippen molar-refractivity contribution in [2.75, 3.05) is 5.73 Å². The second-order valence-corrected chi connectivity index (χ2v) is 5.45. The number of carbonyl (C=O) groups excluding carboxylic acids is 1. The largest absolute Gasteiger partial charge is 0.508 e. The molecule has 21 heavy (non-hydrogen) atoms. The number of aromatic nitrogens is 2. The van der Waals surface area contributed by atoms with E-state index in [0.717, 1.165) is 18.4 Å². The second kappa shape index (κ2) is 5.12. The van der Waals surface area contributed by atoms with Crippen molar-refractivity contribution < 1.29 is 9.90 Å². The summed E-state index contributed by atoms with van der Waals surface area (Å²) >= 11 is 0. The van der Waals surface area contributed by atoms with Gasteiger partial charge in [-0.15, -0.1) is 0 Å². The normalized spacial score (nSPS) is 14.1. The third-order valence-corrected chi connectivity index (χ3v) is 3.71. The second-order valence-electron chi connectivity index (χ2n) is 5.45. The number of carbonyl (C=O) groups is 1. The van der Waals surface area contributed by atoms with Crippen molar-refractivity contribution in [2.45, 2.75) is 32.4 Å². The first-order valence-electron chi connectivity index (χ1n) is 6.95. The van der Waals surface area contributed by atoms with E-state index < -0.39 is 0 Å². The highest BCUT2D eigenvalue weighted by Crippen LogP contribution is 2.31. The fraction of sp³-hybridized carbons (Fsp3) is 0.333. The Hall–Kier alpha value is -2.50. The van der Waals surface area contributed by atoms with Crippen LogP contribution in [0, 0.1) is 6.92 Å². The Balaban J connectivity index is 1.85. The number of nitrogens with one attached hydrogen (secondary N) is 1. The highest BCUT2D eigenvalue weighted by atomic mass is 16.3. The molecule has 0 bridgehead atoms. The van der Waals surface area contributed by atoms with E-state index in [1.807, 2.05) is 6.07 Å². The molecule has 1 amide bonds. The molecule has 3 rings (SSSR count). The molecule has 1 fully saturated rings. The summed E-state index contributed by atoms with van der Waals surface area (Å²) in [4.78, 5) is 14.4. The zero-order valence-corrected chi connectivity index (χ0v) is 11.8. The van der Waals surface area contributed by atoms with Crippen molar-refractivity contribution in [1.29, 1.82) is 0 Å². The van der Waals surface area contributed by atoms with Gasteiger partial charge in [-0.05, 0) is 37.5 Å². The maximum absolute atomic E-state index is 12.7. The Bertz CT molecular complexity index is 676. The van der Waals surface area contributed by atoms with Crippen molar-refractivity contribution in [1.82, 2.24) is 15.1 Å². The SMILES string of the molecule is Cc1[nH]nc(C(=O)N(Cc2cccc(O)c2)C2CC2)c1N. The molecule has 1 aliphatic rings. The molecular formula is C15H18N4O2. The molecule has 6 heteroatoms. The number of anilines is 1. The van der Waals surface area contributed by atoms with Crippen molar-refractivity contribution in [3.05, 3.63) is 41.2 Å². The van der Waals surface area contributed by atoms with Crippen molar-refractivity contribution >= 4 is 11.6 Å². The number of hydrogen-bond acceptors (Lipinski definition) is 4. The lowest BCUT2D eigenvalue weighted by atomic mass is 10.2. The molecule has 1 saturated carbocycles. The molecule has 1 heterocycles. The summed E-state index contributed by atoms with van der Waals surface area (Å²) in [5.41, 5.74) is 8.17. The highest BCUT2D eigenvalue weighted by Gasteiger charge is 2.35. The van der Waals surface area contributed by atoms with Crippen molar-refractivity contribution in [2.24, 2.45) is 0 Å². The molecule has 1 aromatic carbocycles. The molecular weight excluding hydrogens is 268 g/mol. The van der Waals surface area contributed by atoms with Gasteiger partial charge in [0.15, 0.2) is 5.69 Å². The van der Waals surface area contributed by atoms with Gasteiger partial charge in [0.25, 0.3) is 5.91 Å². The summed E-state index contributed by atoms with van der Waals surface area (Å²) in [5, 5.41) is 16.3. The van der Waals surface area contributed by atoms with E-state index in [2.05, 4.69) is 10.2 Å². The number of phenolic OH excluding ortho intramolecular Hbond substituents is 1. The fourth-order valence-corrected chi connectivity index (χ4v) is 2.34. The van der Waals surface area contributed by atoms with Gasteiger partial charge in [-0.25, -0.2) is 0 Å².